The van der Waals surface area contributed by atoms with Crippen LogP contribution >= 0.6 is 22.9 Å². The van der Waals surface area contributed by atoms with Crippen LogP contribution in [0.25, 0.3) is 39.6 Å². The number of carbonyl (C=O) groups excluding carboxylic acids is 1. The number of rotatable bonds is 4. The van der Waals surface area contributed by atoms with E-state index in [1.807, 2.05) is 42.5 Å². The van der Waals surface area contributed by atoms with E-state index in [0.717, 1.165) is 27.8 Å². The molecule has 7 nitrogen and oxygen atoms in total. The van der Waals surface area contributed by atoms with E-state index in [1.54, 1.807) is 42.5 Å². The number of fused-ring (bicyclic) bond motifs is 1. The van der Waals surface area contributed by atoms with Crippen molar-refractivity contribution in [2.24, 2.45) is 0 Å². The van der Waals surface area contributed by atoms with E-state index in [4.69, 9.17) is 16.1 Å². The van der Waals surface area contributed by atoms with Crippen LogP contribution in [0.3, 0.4) is 0 Å². The molecule has 5 aromatic rings. The zero-order valence-corrected chi connectivity index (χ0v) is 20.4. The topological polar surface area (TPSA) is 101 Å². The maximum atomic E-state index is 13.5. The first-order valence-corrected chi connectivity index (χ1v) is 12.0. The Balaban J connectivity index is 1.74. The summed E-state index contributed by atoms with van der Waals surface area (Å²) in [4.78, 5) is 25.9. The predicted octanol–water partition coefficient (Wildman–Crippen LogP) is 3.61. The lowest BCUT2D eigenvalue weighted by molar-refractivity contribution is -0.115. The standard InChI is InChI=1S/C27H17ClN4O3S/c1-30-25(33)21(15-29)27-32(19-5-3-2-4-6-19)26(34)23(36-27)14-16-7-12-22-20(13-16)24(35-31-22)17-8-10-18(28)11-9-17/h2-14H,1H3,(H,30,33)/b23-14+,27-21-. The Morgan fingerprint density at radius 3 is 2.58 bits per heavy atom. The number of benzene rings is 3. The van der Waals surface area contributed by atoms with Crippen LogP contribution in [0.1, 0.15) is 5.56 Å². The summed E-state index contributed by atoms with van der Waals surface area (Å²) >= 11 is 7.10. The van der Waals surface area contributed by atoms with Crippen LogP contribution in [0.15, 0.2) is 82.1 Å². The molecule has 176 valence electrons. The van der Waals surface area contributed by atoms with Crippen molar-refractivity contribution in [2.45, 2.75) is 0 Å². The van der Waals surface area contributed by atoms with Crippen molar-refractivity contribution < 1.29 is 9.32 Å². The first-order valence-electron chi connectivity index (χ1n) is 10.8. The van der Waals surface area contributed by atoms with Gasteiger partial charge in [-0.1, -0.05) is 41.0 Å². The van der Waals surface area contributed by atoms with E-state index in [1.165, 1.54) is 11.6 Å². The Kier molecular flexibility index (Phi) is 6.25. The van der Waals surface area contributed by atoms with Crippen molar-refractivity contribution in [1.82, 2.24) is 15.0 Å². The molecule has 0 atom stereocenters. The average Bonchev–Trinajstić information content (AvgIpc) is 3.46. The van der Waals surface area contributed by atoms with E-state index in [0.29, 0.717) is 26.5 Å². The van der Waals surface area contributed by atoms with Gasteiger partial charge in [0.2, 0.25) is 0 Å². The maximum Gasteiger partial charge on any atom is 0.273 e. The van der Waals surface area contributed by atoms with Crippen molar-refractivity contribution in [3.05, 3.63) is 103 Å². The third-order valence-corrected chi connectivity index (χ3v) is 6.87. The Hall–Kier alpha value is -4.45. The highest BCUT2D eigenvalue weighted by atomic mass is 35.5. The summed E-state index contributed by atoms with van der Waals surface area (Å²) in [6, 6.07) is 23.6. The molecule has 2 aromatic heterocycles. The largest absolute Gasteiger partial charge is 0.355 e. The Morgan fingerprint density at radius 2 is 1.89 bits per heavy atom. The van der Waals surface area contributed by atoms with Gasteiger partial charge in [0.05, 0.1) is 15.6 Å². The quantitative estimate of drug-likeness (QED) is 0.396. The molecule has 0 unspecified atom stereocenters. The molecule has 0 spiro atoms. The number of hydrogen-bond donors (Lipinski definition) is 1. The summed E-state index contributed by atoms with van der Waals surface area (Å²) in [5, 5.41) is 17.7. The summed E-state index contributed by atoms with van der Waals surface area (Å²) in [6.45, 7) is 0. The normalized spacial score (nSPS) is 12.4. The van der Waals surface area contributed by atoms with Crippen LogP contribution in [0.2, 0.25) is 5.02 Å². The van der Waals surface area contributed by atoms with Crippen LogP contribution in [0, 0.1) is 11.3 Å². The minimum Gasteiger partial charge on any atom is -0.355 e. The summed E-state index contributed by atoms with van der Waals surface area (Å²) in [5.41, 5.74) is 2.32. The van der Waals surface area contributed by atoms with Crippen LogP contribution < -0.4 is 20.1 Å². The van der Waals surface area contributed by atoms with Crippen LogP contribution in [0.4, 0.5) is 0 Å². The van der Waals surface area contributed by atoms with Gasteiger partial charge in [0.15, 0.2) is 11.3 Å². The zero-order chi connectivity index (χ0) is 25.2. The van der Waals surface area contributed by atoms with Gasteiger partial charge in [-0.05, 0) is 60.2 Å². The number of amides is 1. The van der Waals surface area contributed by atoms with Crippen molar-refractivity contribution in [3.63, 3.8) is 0 Å². The van der Waals surface area contributed by atoms with E-state index in [9.17, 15) is 14.9 Å². The third-order valence-electron chi connectivity index (χ3n) is 5.52. The first-order chi connectivity index (χ1) is 17.5. The van der Waals surface area contributed by atoms with Crippen LogP contribution in [0.5, 0.6) is 0 Å². The molecule has 0 aliphatic rings. The third kappa shape index (κ3) is 4.22. The minimum atomic E-state index is -0.562. The molecule has 0 saturated heterocycles. The fraction of sp³-hybridized carbons (Fsp3) is 0.0370. The fourth-order valence-electron chi connectivity index (χ4n) is 3.79. The summed E-state index contributed by atoms with van der Waals surface area (Å²) in [7, 11) is 1.44. The lowest BCUT2D eigenvalue weighted by Crippen LogP contribution is -2.33. The van der Waals surface area contributed by atoms with Gasteiger partial charge in [0, 0.05) is 17.6 Å². The van der Waals surface area contributed by atoms with Gasteiger partial charge in [-0.15, -0.1) is 11.3 Å². The van der Waals surface area contributed by atoms with E-state index in [2.05, 4.69) is 10.5 Å². The molecule has 0 fully saturated rings. The summed E-state index contributed by atoms with van der Waals surface area (Å²) in [6.07, 6.45) is 1.73. The van der Waals surface area contributed by atoms with E-state index >= 15 is 0 Å². The SMILES string of the molecule is CNC(=O)/C(C#N)=c1\s/c(=C/c2ccc3noc(-c4ccc(Cl)cc4)c3c2)c(=O)n1-c1ccccc1. The van der Waals surface area contributed by atoms with Crippen LogP contribution in [-0.4, -0.2) is 22.7 Å². The molecule has 0 radical (unpaired) electrons. The fourth-order valence-corrected chi connectivity index (χ4v) is 5.02. The Bertz CT molecular complexity index is 1830. The first kappa shape index (κ1) is 23.3. The average molecular weight is 513 g/mol. The summed E-state index contributed by atoms with van der Waals surface area (Å²) < 4.78 is 7.60. The lowest BCUT2D eigenvalue weighted by Gasteiger charge is -2.02. The van der Waals surface area contributed by atoms with Gasteiger partial charge in [0.1, 0.15) is 16.2 Å². The monoisotopic (exact) mass is 512 g/mol. The molecular formula is C27H17ClN4O3S. The molecule has 2 heterocycles. The number of halogens is 1. The van der Waals surface area contributed by atoms with Gasteiger partial charge >= 0.3 is 0 Å². The lowest BCUT2D eigenvalue weighted by atomic mass is 10.1. The molecule has 0 aliphatic carbocycles. The number of nitrogens with zero attached hydrogens (tertiary/aromatic N) is 3. The van der Waals surface area contributed by atoms with Crippen molar-refractivity contribution in [2.75, 3.05) is 7.05 Å². The molecule has 5 rings (SSSR count). The Labute approximate surface area is 213 Å². The predicted molar refractivity (Wildman–Crippen MR) is 140 cm³/mol. The van der Waals surface area contributed by atoms with Crippen molar-refractivity contribution in [1.29, 1.82) is 5.26 Å². The second kappa shape index (κ2) is 9.66. The molecule has 1 amide bonds. The zero-order valence-electron chi connectivity index (χ0n) is 18.9. The summed E-state index contributed by atoms with van der Waals surface area (Å²) in [5.74, 6) is 0.0266. The number of thiazole rings is 1. The van der Waals surface area contributed by atoms with E-state index < -0.39 is 5.91 Å². The highest BCUT2D eigenvalue weighted by molar-refractivity contribution is 7.07. The number of nitrogens with one attached hydrogen (secondary N) is 1. The molecule has 0 saturated carbocycles. The molecule has 9 heteroatoms. The van der Waals surface area contributed by atoms with Gasteiger partial charge in [-0.2, -0.15) is 5.26 Å². The minimum absolute atomic E-state index is 0.136. The van der Waals surface area contributed by atoms with Gasteiger partial charge in [0.25, 0.3) is 11.5 Å². The number of hydrogen-bond acceptors (Lipinski definition) is 6. The number of para-hydroxylation sites is 1. The maximum absolute atomic E-state index is 13.5. The number of aromatic nitrogens is 2. The van der Waals surface area contributed by atoms with Crippen molar-refractivity contribution >= 4 is 51.4 Å². The molecule has 0 aliphatic heterocycles. The smallest absolute Gasteiger partial charge is 0.273 e. The van der Waals surface area contributed by atoms with Gasteiger partial charge in [-0.3, -0.25) is 14.2 Å². The van der Waals surface area contributed by atoms with Crippen LogP contribution in [-0.2, 0) is 4.79 Å². The highest BCUT2D eigenvalue weighted by Gasteiger charge is 2.16. The molecule has 1 N–H and O–H groups in total. The molecule has 0 bridgehead atoms. The van der Waals surface area contributed by atoms with Gasteiger partial charge in [-0.25, -0.2) is 0 Å². The highest BCUT2D eigenvalue weighted by Crippen LogP contribution is 2.30. The second-order valence-corrected chi connectivity index (χ2v) is 9.22. The molecule has 36 heavy (non-hydrogen) atoms. The Morgan fingerprint density at radius 1 is 1.14 bits per heavy atom. The van der Waals surface area contributed by atoms with Gasteiger partial charge < -0.3 is 9.84 Å². The molecular weight excluding hydrogens is 496 g/mol. The molecule has 3 aromatic carbocycles. The van der Waals surface area contributed by atoms with E-state index in [-0.39, 0.29) is 15.8 Å². The number of carbonyl (C=O) groups is 1. The second-order valence-electron chi connectivity index (χ2n) is 7.75. The van der Waals surface area contributed by atoms with Crippen molar-refractivity contribution in [3.8, 4) is 23.1 Å². The number of nitriles is 1.